The minimum Gasteiger partial charge on any atom is -0.387 e. The van der Waals surface area contributed by atoms with E-state index in [4.69, 9.17) is 14.3 Å². The maximum Gasteiger partial charge on any atom is 0.469 e. The Morgan fingerprint density at radius 2 is 1.84 bits per heavy atom. The fraction of sp³-hybridized carbons (Fsp3) is 1.00. The molecular formula is C6H13O11PS. The topological polar surface area (TPSA) is 191 Å². The second kappa shape index (κ2) is 5.33. The summed E-state index contributed by atoms with van der Waals surface area (Å²) in [5, 5.41) is 28.6. The van der Waals surface area contributed by atoms with Gasteiger partial charge in [0.25, 0.3) is 10.1 Å². The zero-order chi connectivity index (χ0) is 15.1. The summed E-state index contributed by atoms with van der Waals surface area (Å²) in [6.45, 7) is -1.21. The summed E-state index contributed by atoms with van der Waals surface area (Å²) in [7, 11) is -9.53. The van der Waals surface area contributed by atoms with Gasteiger partial charge in [-0.05, 0) is 0 Å². The van der Waals surface area contributed by atoms with Crippen LogP contribution in [-0.2, 0) is 23.9 Å². The van der Waals surface area contributed by atoms with E-state index in [1.54, 1.807) is 0 Å². The molecular weight excluding hydrogens is 311 g/mol. The number of hydrogen-bond acceptors (Lipinski definition) is 8. The smallest absolute Gasteiger partial charge is 0.387 e. The summed E-state index contributed by atoms with van der Waals surface area (Å²) in [6.07, 6.45) is -5.66. The van der Waals surface area contributed by atoms with E-state index in [0.29, 0.717) is 0 Å². The van der Waals surface area contributed by atoms with E-state index < -0.39 is 54.4 Å². The molecule has 0 aromatic rings. The quantitative estimate of drug-likeness (QED) is 0.220. The summed E-state index contributed by atoms with van der Waals surface area (Å²) in [4.78, 5) is 16.9. The van der Waals surface area contributed by atoms with Gasteiger partial charge in [-0.25, -0.2) is 4.57 Å². The van der Waals surface area contributed by atoms with Gasteiger partial charge in [-0.15, -0.1) is 0 Å². The average Bonchev–Trinajstić information content (AvgIpc) is 2.38. The molecule has 19 heavy (non-hydrogen) atoms. The van der Waals surface area contributed by atoms with Crippen molar-refractivity contribution in [1.82, 2.24) is 0 Å². The maximum atomic E-state index is 10.6. The lowest BCUT2D eigenvalue weighted by molar-refractivity contribution is -0.241. The molecule has 0 aromatic carbocycles. The fourth-order valence-corrected chi connectivity index (χ4v) is 2.54. The first-order valence-corrected chi connectivity index (χ1v) is 7.89. The van der Waals surface area contributed by atoms with Gasteiger partial charge in [0.1, 0.15) is 30.7 Å². The molecule has 1 aliphatic rings. The molecule has 11 nitrogen and oxygen atoms in total. The highest BCUT2D eigenvalue weighted by molar-refractivity contribution is 7.85. The molecule has 1 aliphatic heterocycles. The molecule has 1 saturated heterocycles. The van der Waals surface area contributed by atoms with Crippen LogP contribution in [0.1, 0.15) is 0 Å². The van der Waals surface area contributed by atoms with Crippen LogP contribution in [0.15, 0.2) is 0 Å². The Hall–Kier alpha value is -0.140. The first-order valence-electron chi connectivity index (χ1n) is 4.76. The molecule has 0 radical (unpaired) electrons. The van der Waals surface area contributed by atoms with Crippen molar-refractivity contribution in [3.8, 4) is 0 Å². The van der Waals surface area contributed by atoms with E-state index in [1.807, 2.05) is 0 Å². The van der Waals surface area contributed by atoms with Gasteiger partial charge in [-0.1, -0.05) is 0 Å². The lowest BCUT2D eigenvalue weighted by atomic mass is 10.1. The third kappa shape index (κ3) is 4.72. The van der Waals surface area contributed by atoms with Crippen molar-refractivity contribution in [2.45, 2.75) is 24.1 Å². The van der Waals surface area contributed by atoms with E-state index in [9.17, 15) is 28.3 Å². The Morgan fingerprint density at radius 1 is 1.32 bits per heavy atom. The van der Waals surface area contributed by atoms with Gasteiger partial charge in [0.05, 0.1) is 0 Å². The van der Waals surface area contributed by atoms with E-state index in [0.717, 1.165) is 0 Å². The van der Waals surface area contributed by atoms with E-state index >= 15 is 0 Å². The number of aliphatic hydroxyl groups excluding tert-OH is 2. The van der Waals surface area contributed by atoms with Crippen LogP contribution in [0.5, 0.6) is 0 Å². The minimum absolute atomic E-state index is 1.12. The van der Waals surface area contributed by atoms with Crippen LogP contribution in [0.25, 0.3) is 0 Å². The molecule has 0 saturated carbocycles. The summed E-state index contributed by atoms with van der Waals surface area (Å²) in [5.74, 6) is -3.83. The summed E-state index contributed by atoms with van der Waals surface area (Å²) in [6, 6.07) is 0. The van der Waals surface area contributed by atoms with Crippen LogP contribution in [0.2, 0.25) is 0 Å². The summed E-state index contributed by atoms with van der Waals surface area (Å²) in [5.41, 5.74) is 0. The molecule has 0 unspecified atom stereocenters. The Labute approximate surface area is 107 Å². The van der Waals surface area contributed by atoms with Crippen LogP contribution in [0.3, 0.4) is 0 Å². The largest absolute Gasteiger partial charge is 0.469 e. The van der Waals surface area contributed by atoms with Gasteiger partial charge >= 0.3 is 7.82 Å². The lowest BCUT2D eigenvalue weighted by Crippen LogP contribution is -2.46. The summed E-state index contributed by atoms with van der Waals surface area (Å²) < 4.78 is 48.8. The molecule has 1 rings (SSSR count). The van der Waals surface area contributed by atoms with Crippen LogP contribution >= 0.6 is 7.82 Å². The highest BCUT2D eigenvalue weighted by Crippen LogP contribution is 2.39. The van der Waals surface area contributed by atoms with Crippen molar-refractivity contribution >= 4 is 17.9 Å². The second-order valence-corrected chi connectivity index (χ2v) is 6.69. The van der Waals surface area contributed by atoms with Gasteiger partial charge in [-0.3, -0.25) is 9.08 Å². The number of rotatable bonds is 5. The fourth-order valence-electron chi connectivity index (χ4n) is 1.51. The highest BCUT2D eigenvalue weighted by Gasteiger charge is 2.55. The Balaban J connectivity index is 2.79. The van der Waals surface area contributed by atoms with Crippen LogP contribution < -0.4 is 0 Å². The normalized spacial score (nSPS) is 36.6. The Bertz CT molecular complexity index is 470. The molecule has 0 bridgehead atoms. The maximum absolute atomic E-state index is 10.6. The van der Waals surface area contributed by atoms with Gasteiger partial charge in [0.15, 0.2) is 0 Å². The molecule has 4 atom stereocenters. The molecule has 1 fully saturated rings. The molecule has 0 aromatic heterocycles. The van der Waals surface area contributed by atoms with Crippen molar-refractivity contribution in [2.24, 2.45) is 0 Å². The van der Waals surface area contributed by atoms with Gasteiger partial charge in [0, 0.05) is 0 Å². The molecule has 114 valence electrons. The zero-order valence-corrected chi connectivity index (χ0v) is 10.9. The lowest BCUT2D eigenvalue weighted by Gasteiger charge is -2.25. The number of ether oxygens (including phenoxy) is 1. The van der Waals surface area contributed by atoms with E-state index in [1.165, 1.54) is 0 Å². The Kier molecular flexibility index (Phi) is 4.75. The molecule has 13 heteroatoms. The minimum atomic E-state index is -4.97. The van der Waals surface area contributed by atoms with Crippen molar-refractivity contribution in [3.05, 3.63) is 0 Å². The van der Waals surface area contributed by atoms with Crippen LogP contribution in [0.4, 0.5) is 0 Å². The third-order valence-corrected chi connectivity index (χ3v) is 3.55. The predicted octanol–water partition coefficient (Wildman–Crippen LogP) is -3.21. The van der Waals surface area contributed by atoms with E-state index in [2.05, 4.69) is 9.26 Å². The number of aliphatic hydroxyl groups is 3. The van der Waals surface area contributed by atoms with Crippen molar-refractivity contribution in [2.75, 3.05) is 12.4 Å². The predicted molar refractivity (Wildman–Crippen MR) is 56.2 cm³/mol. The van der Waals surface area contributed by atoms with Crippen LogP contribution in [-0.4, -0.2) is 74.5 Å². The second-order valence-electron chi connectivity index (χ2n) is 3.95. The molecule has 0 spiro atoms. The first-order chi connectivity index (χ1) is 8.34. The van der Waals surface area contributed by atoms with Crippen molar-refractivity contribution < 1.29 is 51.9 Å². The number of phosphoric ester groups is 1. The summed E-state index contributed by atoms with van der Waals surface area (Å²) >= 11 is 0. The molecule has 1 heterocycles. The average molecular weight is 324 g/mol. The van der Waals surface area contributed by atoms with Gasteiger partial charge in [-0.2, -0.15) is 8.42 Å². The van der Waals surface area contributed by atoms with Gasteiger partial charge in [0.2, 0.25) is 5.79 Å². The molecule has 0 aliphatic carbocycles. The first kappa shape index (κ1) is 16.9. The standard InChI is InChI=1S/C6H13O11PS/c7-4-3(1-19(13,14)15)17-6(9,5(4)8)2-16-18(10,11)12/h3-5,7-9H,1-2H2,(H2,10,11,12)(H,13,14,15)/t3-,4-,5+,6-/m1/s1. The Morgan fingerprint density at radius 3 is 2.26 bits per heavy atom. The monoisotopic (exact) mass is 324 g/mol. The molecule has 6 N–H and O–H groups in total. The van der Waals surface area contributed by atoms with Crippen molar-refractivity contribution in [3.63, 3.8) is 0 Å². The number of hydrogen-bond donors (Lipinski definition) is 6. The van der Waals surface area contributed by atoms with Gasteiger partial charge < -0.3 is 29.8 Å². The third-order valence-electron chi connectivity index (χ3n) is 2.34. The van der Waals surface area contributed by atoms with Crippen molar-refractivity contribution in [1.29, 1.82) is 0 Å². The molecule has 0 amide bonds. The highest BCUT2D eigenvalue weighted by atomic mass is 32.2. The SMILES string of the molecule is O=P(O)(O)OC[C@@]1(O)O[C@H](CS(=O)(=O)O)[C@@H](O)[C@@H]1O. The van der Waals surface area contributed by atoms with Crippen LogP contribution in [0, 0.1) is 0 Å². The van der Waals surface area contributed by atoms with E-state index in [-0.39, 0.29) is 0 Å². The zero-order valence-electron chi connectivity index (χ0n) is 9.23. The number of phosphoric acid groups is 1.